The zero-order chi connectivity index (χ0) is 9.68. The Kier molecular flexibility index (Phi) is 4.31. The summed E-state index contributed by atoms with van der Waals surface area (Å²) in [5, 5.41) is 3.98. The third-order valence-electron chi connectivity index (χ3n) is 1.41. The van der Waals surface area contributed by atoms with Crippen molar-refractivity contribution in [2.45, 2.75) is 13.3 Å². The smallest absolute Gasteiger partial charge is 0.202 e. The topological polar surface area (TPSA) is 54.9 Å². The number of hydrogen-bond acceptors (Lipinski definition) is 5. The van der Waals surface area contributed by atoms with E-state index < -0.39 is 10.8 Å². The summed E-state index contributed by atoms with van der Waals surface area (Å²) >= 11 is 1.36. The number of hydrogen-bond donors (Lipinski definition) is 1. The van der Waals surface area contributed by atoms with E-state index in [1.165, 1.54) is 11.5 Å². The molecule has 0 saturated heterocycles. The maximum atomic E-state index is 10.7. The third kappa shape index (κ3) is 4.33. The summed E-state index contributed by atoms with van der Waals surface area (Å²) in [5.41, 5.74) is 0. The Morgan fingerprint density at radius 1 is 1.62 bits per heavy atom. The van der Waals surface area contributed by atoms with Gasteiger partial charge < -0.3 is 5.32 Å². The molecule has 0 aliphatic rings. The van der Waals surface area contributed by atoms with Gasteiger partial charge >= 0.3 is 0 Å². The van der Waals surface area contributed by atoms with Crippen molar-refractivity contribution in [2.24, 2.45) is 0 Å². The molecule has 0 radical (unpaired) electrons. The van der Waals surface area contributed by atoms with Crippen LogP contribution in [-0.2, 0) is 10.8 Å². The highest BCUT2D eigenvalue weighted by atomic mass is 32.2. The van der Waals surface area contributed by atoms with E-state index in [2.05, 4.69) is 14.7 Å². The van der Waals surface area contributed by atoms with Crippen LogP contribution in [0.2, 0.25) is 0 Å². The second-order valence-corrected chi connectivity index (χ2v) is 5.01. The summed E-state index contributed by atoms with van der Waals surface area (Å²) in [5.74, 6) is 1.54. The number of nitrogens with one attached hydrogen (secondary N) is 1. The Morgan fingerprint density at radius 2 is 2.38 bits per heavy atom. The van der Waals surface area contributed by atoms with Crippen LogP contribution in [0.4, 0.5) is 5.13 Å². The van der Waals surface area contributed by atoms with Crippen LogP contribution in [0.3, 0.4) is 0 Å². The van der Waals surface area contributed by atoms with E-state index in [0.717, 1.165) is 29.7 Å². The molecule has 0 saturated carbocycles. The van der Waals surface area contributed by atoms with Gasteiger partial charge in [0.2, 0.25) is 5.13 Å². The first kappa shape index (κ1) is 10.6. The summed E-state index contributed by atoms with van der Waals surface area (Å²) in [7, 11) is -0.691. The maximum absolute atomic E-state index is 10.7. The lowest BCUT2D eigenvalue weighted by molar-refractivity contribution is 0.685. The lowest BCUT2D eigenvalue weighted by atomic mass is 10.5. The van der Waals surface area contributed by atoms with Gasteiger partial charge in [0.15, 0.2) is 0 Å². The lowest BCUT2D eigenvalue weighted by Gasteiger charge is -1.99. The largest absolute Gasteiger partial charge is 0.360 e. The van der Waals surface area contributed by atoms with Gasteiger partial charge in [-0.05, 0) is 13.3 Å². The van der Waals surface area contributed by atoms with Gasteiger partial charge in [-0.1, -0.05) is 0 Å². The van der Waals surface area contributed by atoms with E-state index in [-0.39, 0.29) is 0 Å². The fourth-order valence-electron chi connectivity index (χ4n) is 0.840. The summed E-state index contributed by atoms with van der Waals surface area (Å²) in [4.78, 5) is 4.15. The SMILES string of the molecule is Cc1nsc(NCCCS(C)=O)n1. The fourth-order valence-corrected chi connectivity index (χ4v) is 1.99. The summed E-state index contributed by atoms with van der Waals surface area (Å²) in [6.07, 6.45) is 2.62. The monoisotopic (exact) mass is 219 g/mol. The van der Waals surface area contributed by atoms with E-state index in [1.807, 2.05) is 6.92 Å². The summed E-state index contributed by atoms with van der Waals surface area (Å²) in [6.45, 7) is 2.68. The van der Waals surface area contributed by atoms with Crippen molar-refractivity contribution in [3.05, 3.63) is 5.82 Å². The van der Waals surface area contributed by atoms with E-state index in [0.29, 0.717) is 0 Å². The van der Waals surface area contributed by atoms with Gasteiger partial charge in [-0.2, -0.15) is 4.37 Å². The van der Waals surface area contributed by atoms with E-state index in [4.69, 9.17) is 0 Å². The fraction of sp³-hybridized carbons (Fsp3) is 0.714. The van der Waals surface area contributed by atoms with Crippen LogP contribution in [0.5, 0.6) is 0 Å². The first-order valence-electron chi connectivity index (χ1n) is 4.02. The molecule has 4 nitrogen and oxygen atoms in total. The van der Waals surface area contributed by atoms with E-state index in [9.17, 15) is 4.21 Å². The van der Waals surface area contributed by atoms with Gasteiger partial charge in [0.25, 0.3) is 0 Å². The molecule has 13 heavy (non-hydrogen) atoms. The van der Waals surface area contributed by atoms with Gasteiger partial charge in [0.1, 0.15) is 5.82 Å². The Balaban J connectivity index is 2.16. The molecule has 1 rings (SSSR count). The van der Waals surface area contributed by atoms with Gasteiger partial charge in [0.05, 0.1) is 0 Å². The highest BCUT2D eigenvalue weighted by Crippen LogP contribution is 2.09. The molecule has 0 aliphatic carbocycles. The van der Waals surface area contributed by atoms with Crippen molar-refractivity contribution in [3.8, 4) is 0 Å². The Labute approximate surface area is 84.4 Å². The molecule has 1 N–H and O–H groups in total. The average Bonchev–Trinajstić information content (AvgIpc) is 2.45. The van der Waals surface area contributed by atoms with Crippen LogP contribution in [0.15, 0.2) is 0 Å². The zero-order valence-electron chi connectivity index (χ0n) is 7.74. The van der Waals surface area contributed by atoms with Crippen LogP contribution >= 0.6 is 11.5 Å². The predicted molar refractivity (Wildman–Crippen MR) is 56.7 cm³/mol. The van der Waals surface area contributed by atoms with Crippen LogP contribution in [0, 0.1) is 6.92 Å². The number of aryl methyl sites for hydroxylation is 1. The van der Waals surface area contributed by atoms with Crippen LogP contribution < -0.4 is 5.32 Å². The highest BCUT2D eigenvalue weighted by molar-refractivity contribution is 7.84. The summed E-state index contributed by atoms with van der Waals surface area (Å²) in [6, 6.07) is 0. The van der Waals surface area contributed by atoms with E-state index >= 15 is 0 Å². The maximum Gasteiger partial charge on any atom is 0.202 e. The lowest BCUT2D eigenvalue weighted by Crippen LogP contribution is -2.05. The van der Waals surface area contributed by atoms with Crippen molar-refractivity contribution < 1.29 is 4.21 Å². The van der Waals surface area contributed by atoms with Crippen molar-refractivity contribution in [2.75, 3.05) is 23.9 Å². The Morgan fingerprint density at radius 3 is 2.92 bits per heavy atom. The first-order valence-corrected chi connectivity index (χ1v) is 6.53. The molecule has 1 heterocycles. The Bertz CT molecular complexity index is 287. The van der Waals surface area contributed by atoms with Crippen molar-refractivity contribution >= 4 is 27.5 Å². The molecular formula is C7H13N3OS2. The highest BCUT2D eigenvalue weighted by Gasteiger charge is 1.98. The molecule has 1 aromatic heterocycles. The molecule has 0 spiro atoms. The zero-order valence-corrected chi connectivity index (χ0v) is 9.37. The molecule has 1 aromatic rings. The molecule has 74 valence electrons. The molecule has 0 fully saturated rings. The number of nitrogens with zero attached hydrogens (tertiary/aromatic N) is 2. The van der Waals surface area contributed by atoms with Crippen molar-refractivity contribution in [3.63, 3.8) is 0 Å². The van der Waals surface area contributed by atoms with Crippen molar-refractivity contribution in [1.29, 1.82) is 0 Å². The molecule has 0 bridgehead atoms. The first-order chi connectivity index (χ1) is 6.18. The number of rotatable bonds is 5. The minimum absolute atomic E-state index is 0.691. The molecule has 0 aromatic carbocycles. The minimum atomic E-state index is -0.691. The Hall–Kier alpha value is -0.490. The average molecular weight is 219 g/mol. The van der Waals surface area contributed by atoms with Crippen LogP contribution in [0.25, 0.3) is 0 Å². The van der Waals surface area contributed by atoms with Crippen LogP contribution in [0.1, 0.15) is 12.2 Å². The van der Waals surface area contributed by atoms with Crippen LogP contribution in [-0.4, -0.2) is 32.1 Å². The van der Waals surface area contributed by atoms with Gasteiger partial charge in [-0.25, -0.2) is 4.98 Å². The van der Waals surface area contributed by atoms with E-state index in [1.54, 1.807) is 6.26 Å². The second-order valence-electron chi connectivity index (χ2n) is 2.70. The summed E-state index contributed by atoms with van der Waals surface area (Å²) < 4.78 is 14.8. The predicted octanol–water partition coefficient (Wildman–Crippen LogP) is 1.03. The van der Waals surface area contributed by atoms with Gasteiger partial charge in [-0.3, -0.25) is 4.21 Å². The second kappa shape index (κ2) is 5.29. The molecule has 1 atom stereocenters. The molecule has 1 unspecified atom stereocenters. The number of aromatic nitrogens is 2. The normalized spacial score (nSPS) is 12.8. The standard InChI is InChI=1S/C7H13N3OS2/c1-6-9-7(12-10-6)8-4-3-5-13(2)11/h3-5H2,1-2H3,(H,8,9,10). The minimum Gasteiger partial charge on any atom is -0.360 e. The quantitative estimate of drug-likeness (QED) is 0.751. The molecule has 0 amide bonds. The molecule has 6 heteroatoms. The number of anilines is 1. The third-order valence-corrected chi connectivity index (χ3v) is 3.04. The molecular weight excluding hydrogens is 206 g/mol. The van der Waals surface area contributed by atoms with Gasteiger partial charge in [-0.15, -0.1) is 0 Å². The van der Waals surface area contributed by atoms with Gasteiger partial charge in [0, 0.05) is 40.9 Å². The molecule has 0 aliphatic heterocycles. The van der Waals surface area contributed by atoms with Crippen molar-refractivity contribution in [1.82, 2.24) is 9.36 Å².